The van der Waals surface area contributed by atoms with Crippen molar-refractivity contribution in [2.45, 2.75) is 25.8 Å². The van der Waals surface area contributed by atoms with E-state index >= 15 is 0 Å². The van der Waals surface area contributed by atoms with E-state index < -0.39 is 0 Å². The highest BCUT2D eigenvalue weighted by atomic mass is 16.5. The Labute approximate surface area is 128 Å². The van der Waals surface area contributed by atoms with Crippen molar-refractivity contribution in [3.05, 3.63) is 29.8 Å². The first kappa shape index (κ1) is 16.3. The van der Waals surface area contributed by atoms with Crippen molar-refractivity contribution >= 4 is 0 Å². The van der Waals surface area contributed by atoms with E-state index in [1.165, 1.54) is 18.5 Å². The van der Waals surface area contributed by atoms with Gasteiger partial charge in [0.25, 0.3) is 0 Å². The lowest BCUT2D eigenvalue weighted by Gasteiger charge is -2.26. The predicted octanol–water partition coefficient (Wildman–Crippen LogP) is 1.94. The van der Waals surface area contributed by atoms with Crippen LogP contribution in [-0.4, -0.2) is 57.4 Å². The maximum absolute atomic E-state index is 5.36. The van der Waals surface area contributed by atoms with Gasteiger partial charge in [0.1, 0.15) is 5.75 Å². The lowest BCUT2D eigenvalue weighted by Crippen LogP contribution is -2.38. The molecule has 118 valence electrons. The summed E-state index contributed by atoms with van der Waals surface area (Å²) in [6, 6.07) is 8.85. The number of benzene rings is 1. The Kier molecular flexibility index (Phi) is 7.00. The van der Waals surface area contributed by atoms with E-state index in [1.54, 1.807) is 7.11 Å². The summed E-state index contributed by atoms with van der Waals surface area (Å²) < 4.78 is 10.5. The molecular weight excluding hydrogens is 264 g/mol. The number of hydrogen-bond acceptors (Lipinski definition) is 4. The van der Waals surface area contributed by atoms with Crippen LogP contribution in [0.25, 0.3) is 0 Å². The van der Waals surface area contributed by atoms with Gasteiger partial charge in [-0.15, -0.1) is 0 Å². The van der Waals surface area contributed by atoms with E-state index in [0.717, 1.165) is 45.0 Å². The molecule has 0 bridgehead atoms. The smallest absolute Gasteiger partial charge is 0.118 e. The molecule has 0 radical (unpaired) electrons. The quantitative estimate of drug-likeness (QED) is 0.743. The minimum absolute atomic E-state index is 0.503. The molecule has 0 aliphatic carbocycles. The van der Waals surface area contributed by atoms with Gasteiger partial charge in [-0.3, -0.25) is 4.90 Å². The van der Waals surface area contributed by atoms with Gasteiger partial charge in [0.15, 0.2) is 0 Å². The zero-order valence-corrected chi connectivity index (χ0v) is 13.3. The van der Waals surface area contributed by atoms with Crippen LogP contribution in [0, 0.1) is 0 Å². The average molecular weight is 292 g/mol. The number of morpholine rings is 1. The van der Waals surface area contributed by atoms with Gasteiger partial charge in [0.05, 0.1) is 20.3 Å². The zero-order chi connectivity index (χ0) is 14.9. The fourth-order valence-corrected chi connectivity index (χ4v) is 2.66. The highest BCUT2D eigenvalue weighted by molar-refractivity contribution is 5.27. The van der Waals surface area contributed by atoms with E-state index in [4.69, 9.17) is 9.47 Å². The Morgan fingerprint density at radius 3 is 2.62 bits per heavy atom. The molecule has 1 aliphatic heterocycles. The van der Waals surface area contributed by atoms with Crippen LogP contribution in [0.5, 0.6) is 5.75 Å². The minimum atomic E-state index is 0.503. The molecule has 0 spiro atoms. The second kappa shape index (κ2) is 9.03. The third kappa shape index (κ3) is 6.04. The maximum Gasteiger partial charge on any atom is 0.118 e. The molecule has 1 N–H and O–H groups in total. The molecule has 1 aromatic rings. The molecular formula is C17H28N2O2. The van der Waals surface area contributed by atoms with Crippen molar-refractivity contribution in [1.29, 1.82) is 0 Å². The SMILES string of the molecule is COc1ccc(CC(C)NCCCN2CCOCC2)cc1. The molecule has 2 rings (SSSR count). The molecule has 21 heavy (non-hydrogen) atoms. The molecule has 4 heteroatoms. The number of nitrogens with zero attached hydrogens (tertiary/aromatic N) is 1. The van der Waals surface area contributed by atoms with Gasteiger partial charge in [0, 0.05) is 19.1 Å². The van der Waals surface area contributed by atoms with Gasteiger partial charge in [0.2, 0.25) is 0 Å². The van der Waals surface area contributed by atoms with Crippen LogP contribution in [0.15, 0.2) is 24.3 Å². The first-order valence-corrected chi connectivity index (χ1v) is 7.94. The Morgan fingerprint density at radius 1 is 1.24 bits per heavy atom. The van der Waals surface area contributed by atoms with E-state index in [2.05, 4.69) is 29.3 Å². The number of ether oxygens (including phenoxy) is 2. The third-order valence-corrected chi connectivity index (χ3v) is 3.95. The number of nitrogens with one attached hydrogen (secondary N) is 1. The summed E-state index contributed by atoms with van der Waals surface area (Å²) in [5.41, 5.74) is 1.35. The van der Waals surface area contributed by atoms with Gasteiger partial charge in [-0.2, -0.15) is 0 Å². The van der Waals surface area contributed by atoms with Crippen LogP contribution in [0.4, 0.5) is 0 Å². The summed E-state index contributed by atoms with van der Waals surface area (Å²) in [4.78, 5) is 2.49. The number of hydrogen-bond donors (Lipinski definition) is 1. The van der Waals surface area contributed by atoms with E-state index in [-0.39, 0.29) is 0 Å². The third-order valence-electron chi connectivity index (χ3n) is 3.95. The van der Waals surface area contributed by atoms with Crippen molar-refractivity contribution in [3.8, 4) is 5.75 Å². The van der Waals surface area contributed by atoms with Gasteiger partial charge in [-0.05, 0) is 50.6 Å². The molecule has 0 saturated carbocycles. The Balaban J connectivity index is 1.59. The molecule has 1 heterocycles. The normalized spacial score (nSPS) is 17.6. The monoisotopic (exact) mass is 292 g/mol. The van der Waals surface area contributed by atoms with Crippen molar-refractivity contribution in [2.75, 3.05) is 46.5 Å². The van der Waals surface area contributed by atoms with Gasteiger partial charge in [-0.25, -0.2) is 0 Å². The van der Waals surface area contributed by atoms with E-state index in [9.17, 15) is 0 Å². The van der Waals surface area contributed by atoms with Crippen LogP contribution in [0.3, 0.4) is 0 Å². The fourth-order valence-electron chi connectivity index (χ4n) is 2.66. The molecule has 0 aromatic heterocycles. The number of rotatable bonds is 8. The molecule has 1 fully saturated rings. The van der Waals surface area contributed by atoms with Crippen molar-refractivity contribution in [3.63, 3.8) is 0 Å². The molecule has 1 saturated heterocycles. The first-order chi connectivity index (χ1) is 10.3. The van der Waals surface area contributed by atoms with E-state index in [1.807, 2.05) is 12.1 Å². The Bertz CT molecular complexity index is 388. The molecule has 0 amide bonds. The van der Waals surface area contributed by atoms with Crippen LogP contribution < -0.4 is 10.1 Å². The Morgan fingerprint density at radius 2 is 1.95 bits per heavy atom. The van der Waals surface area contributed by atoms with E-state index in [0.29, 0.717) is 6.04 Å². The van der Waals surface area contributed by atoms with Crippen molar-refractivity contribution in [2.24, 2.45) is 0 Å². The first-order valence-electron chi connectivity index (χ1n) is 7.94. The Hall–Kier alpha value is -1.10. The summed E-state index contributed by atoms with van der Waals surface area (Å²) >= 11 is 0. The van der Waals surface area contributed by atoms with Crippen molar-refractivity contribution in [1.82, 2.24) is 10.2 Å². The van der Waals surface area contributed by atoms with Crippen LogP contribution in [-0.2, 0) is 11.2 Å². The second-order valence-corrected chi connectivity index (χ2v) is 5.71. The largest absolute Gasteiger partial charge is 0.497 e. The average Bonchev–Trinajstić information content (AvgIpc) is 2.53. The molecule has 1 aromatic carbocycles. The predicted molar refractivity (Wildman–Crippen MR) is 86.0 cm³/mol. The second-order valence-electron chi connectivity index (χ2n) is 5.71. The summed E-state index contributed by atoms with van der Waals surface area (Å²) in [5.74, 6) is 0.921. The minimum Gasteiger partial charge on any atom is -0.497 e. The zero-order valence-electron chi connectivity index (χ0n) is 13.3. The summed E-state index contributed by atoms with van der Waals surface area (Å²) in [5, 5.41) is 3.61. The summed E-state index contributed by atoms with van der Waals surface area (Å²) in [6.07, 6.45) is 2.26. The topological polar surface area (TPSA) is 33.7 Å². The lowest BCUT2D eigenvalue weighted by atomic mass is 10.1. The molecule has 1 aliphatic rings. The lowest BCUT2D eigenvalue weighted by molar-refractivity contribution is 0.0374. The molecule has 4 nitrogen and oxygen atoms in total. The van der Waals surface area contributed by atoms with Gasteiger partial charge in [-0.1, -0.05) is 12.1 Å². The fraction of sp³-hybridized carbons (Fsp3) is 0.647. The molecule has 1 unspecified atom stereocenters. The highest BCUT2D eigenvalue weighted by Gasteiger charge is 2.09. The summed E-state index contributed by atoms with van der Waals surface area (Å²) in [7, 11) is 1.70. The highest BCUT2D eigenvalue weighted by Crippen LogP contribution is 2.12. The van der Waals surface area contributed by atoms with Crippen LogP contribution in [0.1, 0.15) is 18.9 Å². The van der Waals surface area contributed by atoms with Crippen LogP contribution in [0.2, 0.25) is 0 Å². The van der Waals surface area contributed by atoms with Crippen molar-refractivity contribution < 1.29 is 9.47 Å². The van der Waals surface area contributed by atoms with Gasteiger partial charge < -0.3 is 14.8 Å². The van der Waals surface area contributed by atoms with Crippen LogP contribution >= 0.6 is 0 Å². The number of methoxy groups -OCH3 is 1. The standard InChI is InChI=1S/C17H28N2O2/c1-15(14-16-4-6-17(20-2)7-5-16)18-8-3-9-19-10-12-21-13-11-19/h4-7,15,18H,3,8-14H2,1-2H3. The summed E-state index contributed by atoms with van der Waals surface area (Å²) in [6.45, 7) is 8.45. The molecule has 1 atom stereocenters. The maximum atomic E-state index is 5.36. The van der Waals surface area contributed by atoms with Gasteiger partial charge >= 0.3 is 0 Å².